The summed E-state index contributed by atoms with van der Waals surface area (Å²) < 4.78 is 0. The Labute approximate surface area is 101 Å². The predicted molar refractivity (Wildman–Crippen MR) is 69.6 cm³/mol. The van der Waals surface area contributed by atoms with Gasteiger partial charge in [-0.05, 0) is 46.5 Å². The molecule has 0 bridgehead atoms. The molecule has 0 saturated heterocycles. The van der Waals surface area contributed by atoms with Crippen LogP contribution >= 0.6 is 0 Å². The van der Waals surface area contributed by atoms with Gasteiger partial charge in [-0.25, -0.2) is 0 Å². The first-order valence-electron chi connectivity index (χ1n) is 6.79. The second-order valence-electron chi connectivity index (χ2n) is 6.65. The van der Waals surface area contributed by atoms with Crippen LogP contribution in [0.1, 0.15) is 66.2 Å². The van der Waals surface area contributed by atoms with Gasteiger partial charge in [0.2, 0.25) is 0 Å². The molecule has 1 saturated carbocycles. The van der Waals surface area contributed by atoms with Gasteiger partial charge >= 0.3 is 0 Å². The summed E-state index contributed by atoms with van der Waals surface area (Å²) in [5.74, 6) is 0.477. The van der Waals surface area contributed by atoms with E-state index in [-0.39, 0.29) is 5.54 Å². The highest BCUT2D eigenvalue weighted by Gasteiger charge is 2.32. The van der Waals surface area contributed by atoms with Crippen molar-refractivity contribution in [2.45, 2.75) is 77.4 Å². The first-order chi connectivity index (χ1) is 7.31. The normalized spacial score (nSPS) is 23.8. The van der Waals surface area contributed by atoms with E-state index in [1.54, 1.807) is 0 Å². The fourth-order valence-corrected chi connectivity index (χ4v) is 2.49. The van der Waals surface area contributed by atoms with Crippen molar-refractivity contribution in [1.29, 1.82) is 0 Å². The van der Waals surface area contributed by atoms with Crippen molar-refractivity contribution < 1.29 is 5.11 Å². The van der Waals surface area contributed by atoms with Crippen LogP contribution in [0.2, 0.25) is 0 Å². The lowest BCUT2D eigenvalue weighted by Gasteiger charge is -2.35. The summed E-state index contributed by atoms with van der Waals surface area (Å²) >= 11 is 0. The SMILES string of the molecule is CC(C)(C)NCC(C)(O)C1CCCCCC1. The van der Waals surface area contributed by atoms with Gasteiger partial charge in [-0.15, -0.1) is 0 Å². The molecule has 2 nitrogen and oxygen atoms in total. The number of hydrogen-bond donors (Lipinski definition) is 2. The van der Waals surface area contributed by atoms with Crippen LogP contribution in [0.3, 0.4) is 0 Å². The van der Waals surface area contributed by atoms with Gasteiger partial charge in [0.25, 0.3) is 0 Å². The summed E-state index contributed by atoms with van der Waals surface area (Å²) in [6.07, 6.45) is 7.66. The van der Waals surface area contributed by atoms with Gasteiger partial charge < -0.3 is 10.4 Å². The maximum absolute atomic E-state index is 10.6. The number of aliphatic hydroxyl groups is 1. The number of rotatable bonds is 3. The van der Waals surface area contributed by atoms with Crippen LogP contribution in [0.25, 0.3) is 0 Å². The van der Waals surface area contributed by atoms with E-state index >= 15 is 0 Å². The van der Waals surface area contributed by atoms with Crippen LogP contribution in [0.15, 0.2) is 0 Å². The van der Waals surface area contributed by atoms with E-state index in [9.17, 15) is 5.11 Å². The Kier molecular flexibility index (Phi) is 4.81. The molecule has 0 amide bonds. The lowest BCUT2D eigenvalue weighted by molar-refractivity contribution is -0.0110. The third-order valence-corrected chi connectivity index (χ3v) is 3.71. The molecule has 1 aliphatic rings. The van der Waals surface area contributed by atoms with Crippen molar-refractivity contribution in [1.82, 2.24) is 5.32 Å². The maximum Gasteiger partial charge on any atom is 0.0771 e. The minimum absolute atomic E-state index is 0.0920. The smallest absolute Gasteiger partial charge is 0.0771 e. The summed E-state index contributed by atoms with van der Waals surface area (Å²) in [6, 6.07) is 0. The second-order valence-corrected chi connectivity index (χ2v) is 6.65. The van der Waals surface area contributed by atoms with Crippen LogP contribution in [0, 0.1) is 5.92 Å². The van der Waals surface area contributed by atoms with Crippen LogP contribution in [-0.4, -0.2) is 22.8 Å². The summed E-state index contributed by atoms with van der Waals surface area (Å²) in [4.78, 5) is 0. The third kappa shape index (κ3) is 4.84. The van der Waals surface area contributed by atoms with Crippen LogP contribution in [-0.2, 0) is 0 Å². The molecule has 2 heteroatoms. The van der Waals surface area contributed by atoms with Gasteiger partial charge in [-0.3, -0.25) is 0 Å². The average Bonchev–Trinajstić information content (AvgIpc) is 2.42. The molecule has 0 aliphatic heterocycles. The van der Waals surface area contributed by atoms with Crippen molar-refractivity contribution in [3.63, 3.8) is 0 Å². The van der Waals surface area contributed by atoms with Gasteiger partial charge in [0.15, 0.2) is 0 Å². The molecular formula is C14H29NO. The van der Waals surface area contributed by atoms with E-state index in [1.807, 2.05) is 6.92 Å². The van der Waals surface area contributed by atoms with E-state index in [0.29, 0.717) is 12.5 Å². The lowest BCUT2D eigenvalue weighted by Crippen LogP contribution is -2.49. The van der Waals surface area contributed by atoms with Gasteiger partial charge in [-0.2, -0.15) is 0 Å². The predicted octanol–water partition coefficient (Wildman–Crippen LogP) is 3.10. The molecule has 1 rings (SSSR count). The van der Waals surface area contributed by atoms with E-state index in [2.05, 4.69) is 26.1 Å². The molecule has 1 aliphatic carbocycles. The van der Waals surface area contributed by atoms with Gasteiger partial charge in [0.1, 0.15) is 0 Å². The first kappa shape index (κ1) is 14.0. The standard InChI is InChI=1S/C14H29NO/c1-13(2,3)15-11-14(4,16)12-9-7-5-6-8-10-12/h12,15-16H,5-11H2,1-4H3. The Bertz CT molecular complexity index is 197. The van der Waals surface area contributed by atoms with E-state index in [4.69, 9.17) is 0 Å². The van der Waals surface area contributed by atoms with Crippen molar-refractivity contribution >= 4 is 0 Å². The molecular weight excluding hydrogens is 198 g/mol. The molecule has 1 fully saturated rings. The van der Waals surface area contributed by atoms with Crippen LogP contribution < -0.4 is 5.32 Å². The fraction of sp³-hybridized carbons (Fsp3) is 1.00. The summed E-state index contributed by atoms with van der Waals surface area (Å²) in [5, 5.41) is 14.0. The highest BCUT2D eigenvalue weighted by Crippen LogP contribution is 2.31. The Balaban J connectivity index is 2.47. The van der Waals surface area contributed by atoms with Crippen molar-refractivity contribution in [2.24, 2.45) is 5.92 Å². The van der Waals surface area contributed by atoms with E-state index in [1.165, 1.54) is 38.5 Å². The Morgan fingerprint density at radius 1 is 1.00 bits per heavy atom. The minimum atomic E-state index is -0.544. The second kappa shape index (κ2) is 5.50. The van der Waals surface area contributed by atoms with Crippen molar-refractivity contribution in [2.75, 3.05) is 6.54 Å². The summed E-state index contributed by atoms with van der Waals surface area (Å²) in [6.45, 7) is 9.16. The lowest BCUT2D eigenvalue weighted by atomic mass is 9.83. The highest BCUT2D eigenvalue weighted by molar-refractivity contribution is 4.87. The van der Waals surface area contributed by atoms with E-state index < -0.39 is 5.60 Å². The third-order valence-electron chi connectivity index (χ3n) is 3.71. The molecule has 1 atom stereocenters. The number of hydrogen-bond acceptors (Lipinski definition) is 2. The van der Waals surface area contributed by atoms with Gasteiger partial charge in [-0.1, -0.05) is 25.7 Å². The molecule has 0 radical (unpaired) electrons. The zero-order chi connectivity index (χ0) is 12.2. The molecule has 0 spiro atoms. The fourth-order valence-electron chi connectivity index (χ4n) is 2.49. The first-order valence-corrected chi connectivity index (χ1v) is 6.79. The van der Waals surface area contributed by atoms with Gasteiger partial charge in [0, 0.05) is 12.1 Å². The Hall–Kier alpha value is -0.0800. The molecule has 96 valence electrons. The maximum atomic E-state index is 10.6. The van der Waals surface area contributed by atoms with Crippen molar-refractivity contribution in [3.05, 3.63) is 0 Å². The zero-order valence-electron chi connectivity index (χ0n) is 11.5. The molecule has 1 unspecified atom stereocenters. The molecule has 16 heavy (non-hydrogen) atoms. The minimum Gasteiger partial charge on any atom is -0.389 e. The zero-order valence-corrected chi connectivity index (χ0v) is 11.5. The highest BCUT2D eigenvalue weighted by atomic mass is 16.3. The summed E-state index contributed by atoms with van der Waals surface area (Å²) in [5.41, 5.74) is -0.452. The molecule has 0 aromatic heterocycles. The van der Waals surface area contributed by atoms with Crippen LogP contribution in [0.4, 0.5) is 0 Å². The summed E-state index contributed by atoms with van der Waals surface area (Å²) in [7, 11) is 0. The Morgan fingerprint density at radius 3 is 1.94 bits per heavy atom. The molecule has 2 N–H and O–H groups in total. The van der Waals surface area contributed by atoms with Gasteiger partial charge in [0.05, 0.1) is 5.60 Å². The molecule has 0 aromatic carbocycles. The molecule has 0 heterocycles. The average molecular weight is 227 g/mol. The largest absolute Gasteiger partial charge is 0.389 e. The Morgan fingerprint density at radius 2 is 1.50 bits per heavy atom. The van der Waals surface area contributed by atoms with Crippen molar-refractivity contribution in [3.8, 4) is 0 Å². The van der Waals surface area contributed by atoms with Crippen LogP contribution in [0.5, 0.6) is 0 Å². The number of β-amino-alcohol motifs (C(OH)–C–C–N with tert-alkyl or cyclic N) is 1. The monoisotopic (exact) mass is 227 g/mol. The quantitative estimate of drug-likeness (QED) is 0.726. The van der Waals surface area contributed by atoms with E-state index in [0.717, 1.165) is 0 Å². The topological polar surface area (TPSA) is 32.3 Å². The molecule has 0 aromatic rings. The number of nitrogens with one attached hydrogen (secondary N) is 1.